The van der Waals surface area contributed by atoms with Crippen LogP contribution in [0.3, 0.4) is 0 Å². The number of anilines is 1. The first kappa shape index (κ1) is 15.5. The number of nitrogens with one attached hydrogen (secondary N) is 1. The fraction of sp³-hybridized carbons (Fsp3) is 0.278. The molecule has 1 N–H and O–H groups in total. The number of hydrogen-bond acceptors (Lipinski definition) is 2. The Morgan fingerprint density at radius 1 is 1.19 bits per heavy atom. The van der Waals surface area contributed by atoms with E-state index in [0.29, 0.717) is 5.92 Å². The molecule has 0 aliphatic rings. The topological polar surface area (TPSA) is 29.1 Å². The summed E-state index contributed by atoms with van der Waals surface area (Å²) in [5.74, 6) is 0.294. The molecule has 0 fully saturated rings. The van der Waals surface area contributed by atoms with Crippen molar-refractivity contribution in [3.8, 4) is 0 Å². The molecule has 21 heavy (non-hydrogen) atoms. The summed E-state index contributed by atoms with van der Waals surface area (Å²) < 4.78 is 0. The van der Waals surface area contributed by atoms with Gasteiger partial charge >= 0.3 is 0 Å². The zero-order chi connectivity index (χ0) is 15.4. The molecule has 0 spiro atoms. The number of aryl methyl sites for hydroxylation is 2. The molecule has 0 radical (unpaired) electrons. The smallest absolute Gasteiger partial charge is 0.248 e. The summed E-state index contributed by atoms with van der Waals surface area (Å²) in [4.78, 5) is 13.3. The van der Waals surface area contributed by atoms with Crippen LogP contribution >= 0.6 is 11.3 Å². The lowest BCUT2D eigenvalue weighted by atomic mass is 9.98. The van der Waals surface area contributed by atoms with Crippen LogP contribution in [0.1, 0.15) is 41.3 Å². The summed E-state index contributed by atoms with van der Waals surface area (Å²) >= 11 is 1.64. The molecule has 3 heteroatoms. The van der Waals surface area contributed by atoms with Gasteiger partial charge in [0, 0.05) is 16.6 Å². The van der Waals surface area contributed by atoms with E-state index in [1.165, 1.54) is 11.1 Å². The second kappa shape index (κ2) is 6.72. The van der Waals surface area contributed by atoms with Gasteiger partial charge in [-0.15, -0.1) is 11.3 Å². The van der Waals surface area contributed by atoms with Crippen LogP contribution in [0.2, 0.25) is 0 Å². The van der Waals surface area contributed by atoms with Gasteiger partial charge in [-0.05, 0) is 54.0 Å². The largest absolute Gasteiger partial charge is 0.322 e. The summed E-state index contributed by atoms with van der Waals surface area (Å²) in [5, 5.41) is 5.05. The summed E-state index contributed by atoms with van der Waals surface area (Å²) in [6.45, 7) is 8.34. The first-order valence-electron chi connectivity index (χ1n) is 7.11. The fourth-order valence-corrected chi connectivity index (χ4v) is 3.03. The summed E-state index contributed by atoms with van der Waals surface area (Å²) in [7, 11) is 0. The molecular formula is C18H21NOS. The zero-order valence-corrected chi connectivity index (χ0v) is 13.8. The molecule has 110 valence electrons. The Morgan fingerprint density at radius 2 is 1.95 bits per heavy atom. The average Bonchev–Trinajstić information content (AvgIpc) is 2.84. The lowest BCUT2D eigenvalue weighted by Crippen LogP contribution is -2.11. The molecule has 0 saturated heterocycles. The van der Waals surface area contributed by atoms with Crippen LogP contribution in [0, 0.1) is 13.8 Å². The van der Waals surface area contributed by atoms with Gasteiger partial charge < -0.3 is 5.32 Å². The Hall–Kier alpha value is -1.87. The number of rotatable bonds is 4. The van der Waals surface area contributed by atoms with Crippen LogP contribution in [0.4, 0.5) is 5.69 Å². The zero-order valence-electron chi connectivity index (χ0n) is 12.9. The highest BCUT2D eigenvalue weighted by Crippen LogP contribution is 2.27. The third-order valence-corrected chi connectivity index (χ3v) is 4.45. The number of carbonyl (C=O) groups is 1. The highest BCUT2D eigenvalue weighted by molar-refractivity contribution is 7.11. The first-order valence-corrected chi connectivity index (χ1v) is 7.99. The lowest BCUT2D eigenvalue weighted by Gasteiger charge is -2.15. The number of amides is 1. The predicted octanol–water partition coefficient (Wildman–Crippen LogP) is 5.14. The van der Waals surface area contributed by atoms with Gasteiger partial charge in [-0.25, -0.2) is 0 Å². The van der Waals surface area contributed by atoms with E-state index in [-0.39, 0.29) is 5.91 Å². The average molecular weight is 299 g/mol. The summed E-state index contributed by atoms with van der Waals surface area (Å²) in [5.41, 5.74) is 4.40. The van der Waals surface area contributed by atoms with Crippen LogP contribution < -0.4 is 5.32 Å². The molecule has 1 aromatic carbocycles. The minimum atomic E-state index is -0.0843. The fourth-order valence-electron chi connectivity index (χ4n) is 2.21. The molecular weight excluding hydrogens is 278 g/mol. The van der Waals surface area contributed by atoms with Crippen molar-refractivity contribution in [2.24, 2.45) is 0 Å². The predicted molar refractivity (Wildman–Crippen MR) is 92.0 cm³/mol. The standard InChI is InChI=1S/C18H21NOS/c1-12(2)15-7-5-6-14(4)18(15)19-17(20)9-8-16-13(3)10-11-21-16/h5-12H,1-4H3,(H,19,20)/b9-8+. The number of thiophene rings is 1. The lowest BCUT2D eigenvalue weighted by molar-refractivity contribution is -0.111. The maximum atomic E-state index is 12.2. The van der Waals surface area contributed by atoms with Crippen molar-refractivity contribution in [2.45, 2.75) is 33.6 Å². The minimum Gasteiger partial charge on any atom is -0.322 e. The Balaban J connectivity index is 2.17. The third-order valence-electron chi connectivity index (χ3n) is 3.46. The SMILES string of the molecule is Cc1ccsc1/C=C/C(=O)Nc1c(C)cccc1C(C)C. The van der Waals surface area contributed by atoms with Crippen molar-refractivity contribution < 1.29 is 4.79 Å². The van der Waals surface area contributed by atoms with Gasteiger partial charge in [-0.2, -0.15) is 0 Å². The quantitative estimate of drug-likeness (QED) is 0.778. The minimum absolute atomic E-state index is 0.0843. The number of hydrogen-bond donors (Lipinski definition) is 1. The van der Waals surface area contributed by atoms with Crippen LogP contribution in [0.5, 0.6) is 0 Å². The number of para-hydroxylation sites is 1. The Morgan fingerprint density at radius 3 is 2.57 bits per heavy atom. The van der Waals surface area contributed by atoms with Crippen molar-refractivity contribution in [1.82, 2.24) is 0 Å². The van der Waals surface area contributed by atoms with Gasteiger partial charge in [-0.1, -0.05) is 32.0 Å². The molecule has 1 aromatic heterocycles. The van der Waals surface area contributed by atoms with E-state index < -0.39 is 0 Å². The molecule has 1 amide bonds. The maximum absolute atomic E-state index is 12.2. The molecule has 1 heterocycles. The van der Waals surface area contributed by atoms with E-state index in [4.69, 9.17) is 0 Å². The van der Waals surface area contributed by atoms with Crippen molar-refractivity contribution >= 4 is 29.0 Å². The van der Waals surface area contributed by atoms with E-state index in [0.717, 1.165) is 16.1 Å². The number of benzene rings is 1. The van der Waals surface area contributed by atoms with Gasteiger partial charge in [0.1, 0.15) is 0 Å². The van der Waals surface area contributed by atoms with Gasteiger partial charge in [0.05, 0.1) is 0 Å². The third kappa shape index (κ3) is 3.82. The molecule has 0 unspecified atom stereocenters. The first-order chi connectivity index (χ1) is 9.99. The second-order valence-electron chi connectivity index (χ2n) is 5.48. The van der Waals surface area contributed by atoms with E-state index in [2.05, 4.69) is 31.3 Å². The van der Waals surface area contributed by atoms with Gasteiger partial charge in [0.15, 0.2) is 0 Å². The Kier molecular flexibility index (Phi) is 4.97. The van der Waals surface area contributed by atoms with Crippen molar-refractivity contribution in [2.75, 3.05) is 5.32 Å². The summed E-state index contributed by atoms with van der Waals surface area (Å²) in [6, 6.07) is 8.18. The maximum Gasteiger partial charge on any atom is 0.248 e. The van der Waals surface area contributed by atoms with Crippen LogP contribution in [0.25, 0.3) is 6.08 Å². The van der Waals surface area contributed by atoms with Gasteiger partial charge in [-0.3, -0.25) is 4.79 Å². The molecule has 0 atom stereocenters. The molecule has 2 nitrogen and oxygen atoms in total. The van der Waals surface area contributed by atoms with Gasteiger partial charge in [0.2, 0.25) is 5.91 Å². The second-order valence-corrected chi connectivity index (χ2v) is 6.43. The molecule has 0 aliphatic heterocycles. The van der Waals surface area contributed by atoms with Crippen LogP contribution in [0.15, 0.2) is 35.7 Å². The van der Waals surface area contributed by atoms with Crippen molar-refractivity contribution in [3.63, 3.8) is 0 Å². The highest BCUT2D eigenvalue weighted by atomic mass is 32.1. The molecule has 0 bridgehead atoms. The Bertz CT molecular complexity index is 668. The van der Waals surface area contributed by atoms with Crippen LogP contribution in [-0.2, 0) is 4.79 Å². The van der Waals surface area contributed by atoms with Crippen molar-refractivity contribution in [1.29, 1.82) is 0 Å². The molecule has 2 aromatic rings. The highest BCUT2D eigenvalue weighted by Gasteiger charge is 2.10. The van der Waals surface area contributed by atoms with Crippen LogP contribution in [-0.4, -0.2) is 5.91 Å². The van der Waals surface area contributed by atoms with E-state index in [1.807, 2.05) is 37.4 Å². The molecule has 0 aliphatic carbocycles. The van der Waals surface area contributed by atoms with Crippen molar-refractivity contribution in [3.05, 3.63) is 57.3 Å². The van der Waals surface area contributed by atoms with E-state index in [1.54, 1.807) is 17.4 Å². The molecule has 0 saturated carbocycles. The normalized spacial score (nSPS) is 11.3. The van der Waals surface area contributed by atoms with Gasteiger partial charge in [0.25, 0.3) is 0 Å². The molecule has 2 rings (SSSR count). The van der Waals surface area contributed by atoms with E-state index in [9.17, 15) is 4.79 Å². The van der Waals surface area contributed by atoms with E-state index >= 15 is 0 Å². The monoisotopic (exact) mass is 299 g/mol. The number of carbonyl (C=O) groups excluding carboxylic acids is 1. The summed E-state index contributed by atoms with van der Waals surface area (Å²) in [6.07, 6.45) is 3.48. The Labute approximate surface area is 130 Å².